The van der Waals surface area contributed by atoms with Crippen LogP contribution in [0.2, 0.25) is 0 Å². The number of carbonyl (C=O) groups is 1. The lowest BCUT2D eigenvalue weighted by atomic mass is 9.99. The highest BCUT2D eigenvalue weighted by Crippen LogP contribution is 2.44. The van der Waals surface area contributed by atoms with E-state index in [0.717, 1.165) is 9.13 Å². The number of nitrogens with zero attached hydrogens (tertiary/aromatic N) is 2. The van der Waals surface area contributed by atoms with Crippen LogP contribution >= 0.6 is 0 Å². The van der Waals surface area contributed by atoms with Gasteiger partial charge >= 0.3 is 11.7 Å². The number of esters is 1. The van der Waals surface area contributed by atoms with Gasteiger partial charge in [0.2, 0.25) is 0 Å². The first-order chi connectivity index (χ1) is 11.8. The topological polar surface area (TPSA) is 115 Å². The molecule has 1 unspecified atom stereocenters. The van der Waals surface area contributed by atoms with Crippen molar-refractivity contribution < 1.29 is 19.0 Å². The van der Waals surface area contributed by atoms with E-state index in [-0.39, 0.29) is 22.7 Å². The summed E-state index contributed by atoms with van der Waals surface area (Å²) >= 11 is 0. The zero-order chi connectivity index (χ0) is 18.5. The molecule has 2 aromatic rings. The third-order valence-electron chi connectivity index (χ3n) is 4.30. The minimum Gasteiger partial charge on any atom is -0.493 e. The number of hydrogen-bond acceptors (Lipinski definition) is 7. The molecule has 132 valence electrons. The first kappa shape index (κ1) is 16.6. The number of rotatable bonds is 3. The third-order valence-corrected chi connectivity index (χ3v) is 4.30. The molecule has 1 aliphatic heterocycles. The van der Waals surface area contributed by atoms with Gasteiger partial charge in [-0.15, -0.1) is 0 Å². The lowest BCUT2D eigenvalue weighted by Gasteiger charge is -2.16. The Balaban J connectivity index is 2.31. The summed E-state index contributed by atoms with van der Waals surface area (Å²) in [4.78, 5) is 36.9. The number of nitrogens with two attached hydrogens (primary N) is 1. The first-order valence-electron chi connectivity index (χ1n) is 7.34. The number of aromatic nitrogens is 2. The number of methoxy groups -OCH3 is 2. The van der Waals surface area contributed by atoms with Gasteiger partial charge < -0.3 is 19.9 Å². The predicted molar refractivity (Wildman–Crippen MR) is 88.1 cm³/mol. The molecule has 0 fully saturated rings. The van der Waals surface area contributed by atoms with E-state index in [1.54, 1.807) is 12.1 Å². The van der Waals surface area contributed by atoms with Gasteiger partial charge in [0.25, 0.3) is 5.56 Å². The van der Waals surface area contributed by atoms with Crippen molar-refractivity contribution in [3.8, 4) is 11.5 Å². The fourth-order valence-corrected chi connectivity index (χ4v) is 2.95. The summed E-state index contributed by atoms with van der Waals surface area (Å²) in [5, 5.41) is 0. The predicted octanol–water partition coefficient (Wildman–Crippen LogP) is -0.0568. The van der Waals surface area contributed by atoms with E-state index in [4.69, 9.17) is 19.9 Å². The quantitative estimate of drug-likeness (QED) is 0.774. The molecule has 3 rings (SSSR count). The van der Waals surface area contributed by atoms with E-state index in [0.29, 0.717) is 11.3 Å². The standard InChI is InChI=1S/C16H17N3O6/c1-18-13(17)10(14(20)19(2)16(18)22)11-7-5-6-8(23-3)12(24-4)9(7)15(21)25-11/h5-6,11H,17H2,1-4H3. The minimum atomic E-state index is -1.03. The van der Waals surface area contributed by atoms with Crippen molar-refractivity contribution in [1.82, 2.24) is 9.13 Å². The fraction of sp³-hybridized carbons (Fsp3) is 0.312. The molecule has 0 bridgehead atoms. The summed E-state index contributed by atoms with van der Waals surface area (Å²) in [6.45, 7) is 0. The molecular formula is C16H17N3O6. The molecule has 2 heterocycles. The molecule has 0 spiro atoms. The average Bonchev–Trinajstić information content (AvgIpc) is 2.94. The number of cyclic esters (lactones) is 1. The summed E-state index contributed by atoms with van der Waals surface area (Å²) in [5.41, 5.74) is 5.38. The first-order valence-corrected chi connectivity index (χ1v) is 7.34. The molecule has 1 atom stereocenters. The van der Waals surface area contributed by atoms with Crippen LogP contribution in [0.15, 0.2) is 21.7 Å². The van der Waals surface area contributed by atoms with E-state index in [9.17, 15) is 14.4 Å². The van der Waals surface area contributed by atoms with E-state index in [2.05, 4.69) is 0 Å². The Hall–Kier alpha value is -3.23. The second-order valence-corrected chi connectivity index (χ2v) is 5.56. The van der Waals surface area contributed by atoms with Gasteiger partial charge in [-0.25, -0.2) is 9.59 Å². The summed E-state index contributed by atoms with van der Waals surface area (Å²) in [6.07, 6.45) is -1.03. The molecule has 0 radical (unpaired) electrons. The number of carbonyl (C=O) groups excluding carboxylic acids is 1. The van der Waals surface area contributed by atoms with Gasteiger partial charge in [-0.3, -0.25) is 13.9 Å². The lowest BCUT2D eigenvalue weighted by Crippen LogP contribution is -2.41. The number of nitrogen functional groups attached to an aromatic ring is 1. The number of hydrogen-bond donors (Lipinski definition) is 1. The molecule has 1 aromatic heterocycles. The van der Waals surface area contributed by atoms with E-state index < -0.39 is 23.3 Å². The SMILES string of the molecule is COc1ccc2c(c1OC)C(=O)OC2c1c(N)n(C)c(=O)n(C)c1=O. The monoisotopic (exact) mass is 347 g/mol. The molecule has 1 aromatic carbocycles. The zero-order valence-corrected chi connectivity index (χ0v) is 14.2. The minimum absolute atomic E-state index is 0.0175. The van der Waals surface area contributed by atoms with Crippen molar-refractivity contribution in [2.24, 2.45) is 14.1 Å². The molecule has 9 nitrogen and oxygen atoms in total. The lowest BCUT2D eigenvalue weighted by molar-refractivity contribution is 0.0451. The van der Waals surface area contributed by atoms with Crippen molar-refractivity contribution in [2.75, 3.05) is 20.0 Å². The highest BCUT2D eigenvalue weighted by molar-refractivity contribution is 5.98. The average molecular weight is 347 g/mol. The zero-order valence-electron chi connectivity index (χ0n) is 14.2. The molecule has 25 heavy (non-hydrogen) atoms. The Morgan fingerprint density at radius 2 is 1.76 bits per heavy atom. The fourth-order valence-electron chi connectivity index (χ4n) is 2.95. The Labute approximate surface area is 142 Å². The van der Waals surface area contributed by atoms with Crippen molar-refractivity contribution >= 4 is 11.8 Å². The van der Waals surface area contributed by atoms with Crippen LogP contribution in [-0.2, 0) is 18.8 Å². The molecule has 2 N–H and O–H groups in total. The molecular weight excluding hydrogens is 330 g/mol. The molecule has 0 saturated carbocycles. The van der Waals surface area contributed by atoms with Gasteiger partial charge in [0.05, 0.1) is 14.2 Å². The van der Waals surface area contributed by atoms with Crippen LogP contribution in [0.5, 0.6) is 11.5 Å². The normalized spacial score (nSPS) is 15.7. The number of anilines is 1. The van der Waals surface area contributed by atoms with Gasteiger partial charge in [-0.05, 0) is 6.07 Å². The Morgan fingerprint density at radius 1 is 1.08 bits per heavy atom. The van der Waals surface area contributed by atoms with E-state index >= 15 is 0 Å². The van der Waals surface area contributed by atoms with Gasteiger partial charge in [-0.1, -0.05) is 6.07 Å². The molecule has 1 aliphatic rings. The summed E-state index contributed by atoms with van der Waals surface area (Å²) < 4.78 is 17.9. The van der Waals surface area contributed by atoms with Crippen molar-refractivity contribution in [3.63, 3.8) is 0 Å². The largest absolute Gasteiger partial charge is 0.493 e. The second-order valence-electron chi connectivity index (χ2n) is 5.56. The van der Waals surface area contributed by atoms with Gasteiger partial charge in [-0.2, -0.15) is 0 Å². The molecule has 0 aliphatic carbocycles. The van der Waals surface area contributed by atoms with E-state index in [1.807, 2.05) is 0 Å². The Kier molecular flexibility index (Phi) is 3.78. The van der Waals surface area contributed by atoms with Gasteiger partial charge in [0.15, 0.2) is 17.6 Å². The third kappa shape index (κ3) is 2.19. The van der Waals surface area contributed by atoms with Gasteiger partial charge in [0.1, 0.15) is 16.9 Å². The number of fused-ring (bicyclic) bond motifs is 1. The van der Waals surface area contributed by atoms with Gasteiger partial charge in [0, 0.05) is 19.7 Å². The summed E-state index contributed by atoms with van der Waals surface area (Å²) in [7, 11) is 5.62. The summed E-state index contributed by atoms with van der Waals surface area (Å²) in [5.74, 6) is -0.146. The van der Waals surface area contributed by atoms with Crippen LogP contribution in [-0.4, -0.2) is 29.3 Å². The highest BCUT2D eigenvalue weighted by Gasteiger charge is 2.39. The Bertz CT molecular complexity index is 1000. The van der Waals surface area contributed by atoms with Crippen molar-refractivity contribution in [1.29, 1.82) is 0 Å². The van der Waals surface area contributed by atoms with Crippen LogP contribution < -0.4 is 26.5 Å². The summed E-state index contributed by atoms with van der Waals surface area (Å²) in [6, 6.07) is 3.21. The maximum atomic E-state index is 12.6. The maximum absolute atomic E-state index is 12.6. The van der Waals surface area contributed by atoms with Crippen LogP contribution in [0.4, 0.5) is 5.82 Å². The van der Waals surface area contributed by atoms with Crippen LogP contribution in [0.3, 0.4) is 0 Å². The number of ether oxygens (including phenoxy) is 3. The highest BCUT2D eigenvalue weighted by atomic mass is 16.6. The number of benzene rings is 1. The van der Waals surface area contributed by atoms with Crippen LogP contribution in [0, 0.1) is 0 Å². The van der Waals surface area contributed by atoms with E-state index in [1.165, 1.54) is 28.3 Å². The van der Waals surface area contributed by atoms with Crippen molar-refractivity contribution in [2.45, 2.75) is 6.10 Å². The molecule has 0 amide bonds. The Morgan fingerprint density at radius 3 is 2.36 bits per heavy atom. The second kappa shape index (κ2) is 5.69. The smallest absolute Gasteiger partial charge is 0.343 e. The van der Waals surface area contributed by atoms with Crippen molar-refractivity contribution in [3.05, 3.63) is 49.7 Å². The van der Waals surface area contributed by atoms with Crippen LogP contribution in [0.1, 0.15) is 27.6 Å². The maximum Gasteiger partial charge on any atom is 0.343 e. The van der Waals surface area contributed by atoms with Crippen LogP contribution in [0.25, 0.3) is 0 Å². The molecule has 0 saturated heterocycles. The molecule has 9 heteroatoms.